The van der Waals surface area contributed by atoms with E-state index in [4.69, 9.17) is 10.1 Å². The summed E-state index contributed by atoms with van der Waals surface area (Å²) < 4.78 is 15.4. The van der Waals surface area contributed by atoms with Gasteiger partial charge in [-0.1, -0.05) is 6.07 Å². The first-order valence-corrected chi connectivity index (χ1v) is 12.3. The van der Waals surface area contributed by atoms with Gasteiger partial charge in [0.05, 0.1) is 24.5 Å². The number of fused-ring (bicyclic) bond motifs is 2. The van der Waals surface area contributed by atoms with E-state index in [-0.39, 0.29) is 11.7 Å². The number of hydrogen-bond acceptors (Lipinski definition) is 6. The van der Waals surface area contributed by atoms with E-state index >= 15 is 0 Å². The second-order valence-electron chi connectivity index (χ2n) is 9.57. The standard InChI is InChI=1S/C27H28FN7O/c1-32-11-13-33(14-12-32)27-22-17-34(26(36)9-4-19-3-2-10-29-16-19)18-24(22)30-25-15-23(31-35(25)27)20-5-7-21(28)8-6-20/h2-3,5-8,10,15-16H,4,9,11-14,17-18H2,1H3. The van der Waals surface area contributed by atoms with E-state index in [1.54, 1.807) is 18.3 Å². The Hall–Kier alpha value is -3.85. The largest absolute Gasteiger partial charge is 0.354 e. The maximum absolute atomic E-state index is 13.5. The van der Waals surface area contributed by atoms with Crippen LogP contribution < -0.4 is 4.90 Å². The minimum Gasteiger partial charge on any atom is -0.354 e. The highest BCUT2D eigenvalue weighted by atomic mass is 19.1. The number of likely N-dealkylation sites (N-methyl/N-ethyl adjacent to an activating group) is 1. The molecule has 1 amide bonds. The van der Waals surface area contributed by atoms with Gasteiger partial charge >= 0.3 is 0 Å². The molecule has 0 aliphatic carbocycles. The van der Waals surface area contributed by atoms with Crippen molar-refractivity contribution in [3.8, 4) is 11.3 Å². The first-order chi connectivity index (χ1) is 17.5. The number of nitrogens with zero attached hydrogens (tertiary/aromatic N) is 7. The number of rotatable bonds is 5. The van der Waals surface area contributed by atoms with Gasteiger partial charge < -0.3 is 14.7 Å². The Labute approximate surface area is 209 Å². The summed E-state index contributed by atoms with van der Waals surface area (Å²) in [7, 11) is 2.13. The third-order valence-electron chi connectivity index (χ3n) is 7.09. The second kappa shape index (κ2) is 9.31. The molecule has 36 heavy (non-hydrogen) atoms. The Morgan fingerprint density at radius 3 is 2.61 bits per heavy atom. The molecule has 0 spiro atoms. The zero-order valence-corrected chi connectivity index (χ0v) is 20.3. The van der Waals surface area contributed by atoms with Crippen molar-refractivity contribution in [2.24, 2.45) is 0 Å². The zero-order valence-electron chi connectivity index (χ0n) is 20.3. The smallest absolute Gasteiger partial charge is 0.223 e. The number of hydrogen-bond donors (Lipinski definition) is 0. The van der Waals surface area contributed by atoms with Crippen LogP contribution in [0.5, 0.6) is 0 Å². The first-order valence-electron chi connectivity index (χ1n) is 12.3. The van der Waals surface area contributed by atoms with E-state index in [1.165, 1.54) is 12.1 Å². The summed E-state index contributed by atoms with van der Waals surface area (Å²) in [6.07, 6.45) is 4.66. The summed E-state index contributed by atoms with van der Waals surface area (Å²) in [6, 6.07) is 12.2. The molecular formula is C27H28FN7O. The predicted molar refractivity (Wildman–Crippen MR) is 135 cm³/mol. The van der Waals surface area contributed by atoms with Gasteiger partial charge in [0.25, 0.3) is 0 Å². The van der Waals surface area contributed by atoms with Crippen molar-refractivity contribution < 1.29 is 9.18 Å². The molecular weight excluding hydrogens is 457 g/mol. The van der Waals surface area contributed by atoms with Crippen LogP contribution in [-0.2, 0) is 24.3 Å². The normalized spacial score (nSPS) is 16.1. The van der Waals surface area contributed by atoms with Crippen LogP contribution in [0.3, 0.4) is 0 Å². The molecule has 0 radical (unpaired) electrons. The number of piperazine rings is 1. The van der Waals surface area contributed by atoms with Gasteiger partial charge in [0.1, 0.15) is 11.6 Å². The van der Waals surface area contributed by atoms with Crippen LogP contribution in [-0.4, -0.2) is 68.5 Å². The van der Waals surface area contributed by atoms with Gasteiger partial charge in [-0.2, -0.15) is 9.61 Å². The lowest BCUT2D eigenvalue weighted by molar-refractivity contribution is -0.131. The van der Waals surface area contributed by atoms with Crippen molar-refractivity contribution in [2.45, 2.75) is 25.9 Å². The monoisotopic (exact) mass is 485 g/mol. The molecule has 0 saturated carbocycles. The van der Waals surface area contributed by atoms with E-state index in [0.29, 0.717) is 25.9 Å². The number of pyridine rings is 1. The third-order valence-corrected chi connectivity index (χ3v) is 7.09. The first kappa shape index (κ1) is 22.6. The lowest BCUT2D eigenvalue weighted by atomic mass is 10.1. The highest BCUT2D eigenvalue weighted by molar-refractivity contribution is 5.78. The number of aryl methyl sites for hydroxylation is 1. The number of amides is 1. The summed E-state index contributed by atoms with van der Waals surface area (Å²) in [5.74, 6) is 0.857. The summed E-state index contributed by atoms with van der Waals surface area (Å²) in [5, 5.41) is 4.90. The minimum atomic E-state index is -0.272. The number of halogens is 1. The number of anilines is 1. The fraction of sp³-hybridized carbons (Fsp3) is 0.333. The number of aromatic nitrogens is 4. The fourth-order valence-corrected chi connectivity index (χ4v) is 5.03. The number of benzene rings is 1. The molecule has 6 rings (SSSR count). The molecule has 1 fully saturated rings. The van der Waals surface area contributed by atoms with E-state index in [0.717, 1.165) is 65.7 Å². The van der Waals surface area contributed by atoms with Crippen LogP contribution in [0.25, 0.3) is 16.9 Å². The molecule has 9 heteroatoms. The summed E-state index contributed by atoms with van der Waals surface area (Å²) in [4.78, 5) is 28.8. The molecule has 5 heterocycles. The lowest BCUT2D eigenvalue weighted by Gasteiger charge is -2.35. The van der Waals surface area contributed by atoms with Crippen LogP contribution in [0.2, 0.25) is 0 Å². The molecule has 0 N–H and O–H groups in total. The number of carbonyl (C=O) groups excluding carboxylic acids is 1. The van der Waals surface area contributed by atoms with Gasteiger partial charge in [0.15, 0.2) is 5.65 Å². The van der Waals surface area contributed by atoms with Crippen LogP contribution in [0.4, 0.5) is 10.2 Å². The van der Waals surface area contributed by atoms with Crippen molar-refractivity contribution >= 4 is 17.4 Å². The topological polar surface area (TPSA) is 69.9 Å². The molecule has 2 aliphatic heterocycles. The van der Waals surface area contributed by atoms with E-state index in [2.05, 4.69) is 21.8 Å². The lowest BCUT2D eigenvalue weighted by Crippen LogP contribution is -2.45. The van der Waals surface area contributed by atoms with Crippen LogP contribution >= 0.6 is 0 Å². The molecule has 1 aromatic carbocycles. The van der Waals surface area contributed by atoms with Crippen LogP contribution in [0.1, 0.15) is 23.2 Å². The van der Waals surface area contributed by atoms with Gasteiger partial charge in [-0.25, -0.2) is 9.37 Å². The third kappa shape index (κ3) is 4.30. The Bertz CT molecular complexity index is 1400. The Morgan fingerprint density at radius 1 is 1.06 bits per heavy atom. The van der Waals surface area contributed by atoms with Crippen LogP contribution in [0, 0.1) is 5.82 Å². The maximum atomic E-state index is 13.5. The Balaban J connectivity index is 1.33. The van der Waals surface area contributed by atoms with Crippen LogP contribution in [0.15, 0.2) is 54.9 Å². The molecule has 1 saturated heterocycles. The van der Waals surface area contributed by atoms with Gasteiger partial charge in [-0.3, -0.25) is 9.78 Å². The summed E-state index contributed by atoms with van der Waals surface area (Å²) in [6.45, 7) is 4.69. The number of carbonyl (C=O) groups is 1. The van der Waals surface area contributed by atoms with Crippen molar-refractivity contribution in [3.63, 3.8) is 0 Å². The molecule has 0 unspecified atom stereocenters. The average molecular weight is 486 g/mol. The Morgan fingerprint density at radius 2 is 1.86 bits per heavy atom. The highest BCUT2D eigenvalue weighted by Gasteiger charge is 2.32. The van der Waals surface area contributed by atoms with Crippen molar-refractivity contribution in [3.05, 3.63) is 77.5 Å². The summed E-state index contributed by atoms with van der Waals surface area (Å²) >= 11 is 0. The average Bonchev–Trinajstić information content (AvgIpc) is 3.52. The van der Waals surface area contributed by atoms with E-state index in [9.17, 15) is 9.18 Å². The fourth-order valence-electron chi connectivity index (χ4n) is 5.03. The zero-order chi connectivity index (χ0) is 24.6. The van der Waals surface area contributed by atoms with Gasteiger partial charge in [0.2, 0.25) is 5.91 Å². The van der Waals surface area contributed by atoms with Crippen molar-refractivity contribution in [2.75, 3.05) is 38.1 Å². The highest BCUT2D eigenvalue weighted by Crippen LogP contribution is 2.34. The quantitative estimate of drug-likeness (QED) is 0.433. The van der Waals surface area contributed by atoms with E-state index in [1.807, 2.05) is 33.8 Å². The molecule has 3 aromatic heterocycles. The predicted octanol–water partition coefficient (Wildman–Crippen LogP) is 3.16. The van der Waals surface area contributed by atoms with Crippen molar-refractivity contribution in [1.82, 2.24) is 29.4 Å². The van der Waals surface area contributed by atoms with E-state index < -0.39 is 0 Å². The molecule has 184 valence electrons. The molecule has 0 atom stereocenters. The second-order valence-corrected chi connectivity index (χ2v) is 9.57. The maximum Gasteiger partial charge on any atom is 0.223 e. The van der Waals surface area contributed by atoms with Gasteiger partial charge in [-0.15, -0.1) is 0 Å². The molecule has 0 bridgehead atoms. The minimum absolute atomic E-state index is 0.117. The van der Waals surface area contributed by atoms with Gasteiger partial charge in [0, 0.05) is 62.2 Å². The molecule has 2 aliphatic rings. The SMILES string of the molecule is CN1CCN(c2c3c(nc4cc(-c5ccc(F)cc5)nn24)CN(C(=O)CCc2cccnc2)C3)CC1. The Kier molecular flexibility index (Phi) is 5.85. The molecule has 8 nitrogen and oxygen atoms in total. The molecule has 4 aromatic rings. The van der Waals surface area contributed by atoms with Crippen molar-refractivity contribution in [1.29, 1.82) is 0 Å². The summed E-state index contributed by atoms with van der Waals surface area (Å²) in [5.41, 5.74) is 5.40. The van der Waals surface area contributed by atoms with Gasteiger partial charge in [-0.05, 0) is 49.4 Å².